The number of hydrogen-bond donors (Lipinski definition) is 3. The van der Waals surface area contributed by atoms with Crippen LogP contribution in [0.5, 0.6) is 0 Å². The highest BCUT2D eigenvalue weighted by Crippen LogP contribution is 2.18. The Morgan fingerprint density at radius 2 is 2.54 bits per heavy atom. The lowest BCUT2D eigenvalue weighted by Crippen LogP contribution is -2.17. The summed E-state index contributed by atoms with van der Waals surface area (Å²) in [5.74, 6) is -1.17. The van der Waals surface area contributed by atoms with Crippen LogP contribution in [0.25, 0.3) is 0 Å². The van der Waals surface area contributed by atoms with E-state index in [1.807, 2.05) is 7.05 Å². The first-order valence-corrected chi connectivity index (χ1v) is 4.25. The summed E-state index contributed by atoms with van der Waals surface area (Å²) in [6, 6.07) is 1.80. The SMILES string of the molecule is CNCCC(C(=O)O)c1cc[nH]c1. The third-order valence-electron chi connectivity index (χ3n) is 2.01. The predicted octanol–water partition coefficient (Wildman–Crippen LogP) is 0.792. The predicted molar refractivity (Wildman–Crippen MR) is 49.7 cm³/mol. The molecule has 0 amide bonds. The van der Waals surface area contributed by atoms with Crippen LogP contribution in [0.2, 0.25) is 0 Å². The quantitative estimate of drug-likeness (QED) is 0.630. The van der Waals surface area contributed by atoms with Gasteiger partial charge < -0.3 is 15.4 Å². The number of nitrogens with one attached hydrogen (secondary N) is 2. The van der Waals surface area contributed by atoms with Crippen LogP contribution in [0.1, 0.15) is 17.9 Å². The average Bonchev–Trinajstić information content (AvgIpc) is 2.57. The third-order valence-corrected chi connectivity index (χ3v) is 2.01. The molecule has 4 nitrogen and oxygen atoms in total. The maximum absolute atomic E-state index is 10.9. The summed E-state index contributed by atoms with van der Waals surface area (Å²) < 4.78 is 0. The van der Waals surface area contributed by atoms with Crippen LogP contribution < -0.4 is 5.32 Å². The number of aliphatic carboxylic acids is 1. The van der Waals surface area contributed by atoms with Crippen molar-refractivity contribution in [3.05, 3.63) is 24.0 Å². The van der Waals surface area contributed by atoms with Gasteiger partial charge in [-0.1, -0.05) is 0 Å². The van der Waals surface area contributed by atoms with Gasteiger partial charge in [0, 0.05) is 12.4 Å². The van der Waals surface area contributed by atoms with Crippen LogP contribution in [-0.2, 0) is 4.79 Å². The van der Waals surface area contributed by atoms with Crippen LogP contribution in [0.15, 0.2) is 18.5 Å². The van der Waals surface area contributed by atoms with Gasteiger partial charge in [0.15, 0.2) is 0 Å². The molecule has 0 saturated carbocycles. The summed E-state index contributed by atoms with van der Waals surface area (Å²) >= 11 is 0. The standard InChI is InChI=1S/C9H14N2O2/c1-10-4-3-8(9(12)13)7-2-5-11-6-7/h2,5-6,8,10-11H,3-4H2,1H3,(H,12,13). The van der Waals surface area contributed by atoms with Crippen LogP contribution in [0.4, 0.5) is 0 Å². The van der Waals surface area contributed by atoms with E-state index in [4.69, 9.17) is 5.11 Å². The number of carbonyl (C=O) groups is 1. The maximum atomic E-state index is 10.9. The van der Waals surface area contributed by atoms with E-state index in [-0.39, 0.29) is 0 Å². The Morgan fingerprint density at radius 1 is 1.77 bits per heavy atom. The van der Waals surface area contributed by atoms with Crippen LogP contribution in [0, 0.1) is 0 Å². The Kier molecular flexibility index (Phi) is 3.52. The van der Waals surface area contributed by atoms with Gasteiger partial charge in [0.1, 0.15) is 0 Å². The summed E-state index contributed by atoms with van der Waals surface area (Å²) in [5, 5.41) is 11.9. The molecule has 0 saturated heterocycles. The minimum atomic E-state index is -0.769. The second kappa shape index (κ2) is 4.67. The number of carboxylic acids is 1. The van der Waals surface area contributed by atoms with Crippen LogP contribution in [0.3, 0.4) is 0 Å². The summed E-state index contributed by atoms with van der Waals surface area (Å²) in [5.41, 5.74) is 0.836. The second-order valence-corrected chi connectivity index (χ2v) is 2.93. The number of aromatic nitrogens is 1. The molecule has 1 aromatic heterocycles. The second-order valence-electron chi connectivity index (χ2n) is 2.93. The molecule has 72 valence electrons. The molecule has 0 radical (unpaired) electrons. The molecule has 13 heavy (non-hydrogen) atoms. The van der Waals surface area contributed by atoms with Crippen molar-refractivity contribution in [2.24, 2.45) is 0 Å². The van der Waals surface area contributed by atoms with Crippen molar-refractivity contribution in [1.29, 1.82) is 0 Å². The van der Waals surface area contributed by atoms with Crippen molar-refractivity contribution in [2.45, 2.75) is 12.3 Å². The molecule has 3 N–H and O–H groups in total. The minimum absolute atomic E-state index is 0.404. The zero-order chi connectivity index (χ0) is 9.68. The fourth-order valence-electron chi connectivity index (χ4n) is 1.27. The molecule has 1 heterocycles. The van der Waals surface area contributed by atoms with Crippen molar-refractivity contribution in [2.75, 3.05) is 13.6 Å². The molecule has 0 aliphatic carbocycles. The van der Waals surface area contributed by atoms with E-state index in [0.29, 0.717) is 13.0 Å². The fourth-order valence-corrected chi connectivity index (χ4v) is 1.27. The topological polar surface area (TPSA) is 65.1 Å². The van der Waals surface area contributed by atoms with Gasteiger partial charge in [-0.25, -0.2) is 0 Å². The zero-order valence-corrected chi connectivity index (χ0v) is 7.58. The Labute approximate surface area is 77.0 Å². The molecule has 1 rings (SSSR count). The molecule has 0 fully saturated rings. The molecule has 1 unspecified atom stereocenters. The largest absolute Gasteiger partial charge is 0.481 e. The molecular weight excluding hydrogens is 168 g/mol. The Morgan fingerprint density at radius 3 is 3.00 bits per heavy atom. The van der Waals surface area contributed by atoms with Crippen LogP contribution >= 0.6 is 0 Å². The van der Waals surface area contributed by atoms with E-state index in [2.05, 4.69) is 10.3 Å². The van der Waals surface area contributed by atoms with Gasteiger partial charge in [0.25, 0.3) is 0 Å². The summed E-state index contributed by atoms with van der Waals surface area (Å²) in [7, 11) is 1.82. The van der Waals surface area contributed by atoms with E-state index in [9.17, 15) is 4.79 Å². The van der Waals surface area contributed by atoms with Crippen molar-refractivity contribution in [3.63, 3.8) is 0 Å². The van der Waals surface area contributed by atoms with Crippen molar-refractivity contribution in [1.82, 2.24) is 10.3 Å². The van der Waals surface area contributed by atoms with Crippen LogP contribution in [-0.4, -0.2) is 29.7 Å². The Bertz CT molecular complexity index is 257. The normalized spacial score (nSPS) is 12.7. The van der Waals surface area contributed by atoms with Gasteiger partial charge in [-0.15, -0.1) is 0 Å². The first-order valence-electron chi connectivity index (χ1n) is 4.25. The van der Waals surface area contributed by atoms with Crippen molar-refractivity contribution in [3.8, 4) is 0 Å². The van der Waals surface area contributed by atoms with Crippen molar-refractivity contribution < 1.29 is 9.90 Å². The number of rotatable bonds is 5. The molecule has 1 atom stereocenters. The van der Waals surface area contributed by atoms with E-state index in [0.717, 1.165) is 5.56 Å². The zero-order valence-electron chi connectivity index (χ0n) is 7.58. The smallest absolute Gasteiger partial charge is 0.311 e. The maximum Gasteiger partial charge on any atom is 0.311 e. The van der Waals surface area contributed by atoms with Gasteiger partial charge in [0.05, 0.1) is 5.92 Å². The Balaban J connectivity index is 2.63. The average molecular weight is 182 g/mol. The minimum Gasteiger partial charge on any atom is -0.481 e. The molecule has 1 aromatic rings. The highest BCUT2D eigenvalue weighted by atomic mass is 16.4. The monoisotopic (exact) mass is 182 g/mol. The van der Waals surface area contributed by atoms with E-state index in [1.165, 1.54) is 0 Å². The number of hydrogen-bond acceptors (Lipinski definition) is 2. The molecule has 4 heteroatoms. The first-order chi connectivity index (χ1) is 6.25. The molecule has 0 aliphatic heterocycles. The fraction of sp³-hybridized carbons (Fsp3) is 0.444. The number of aromatic amines is 1. The number of H-pyrrole nitrogens is 1. The van der Waals surface area contributed by atoms with E-state index >= 15 is 0 Å². The molecule has 0 spiro atoms. The molecule has 0 aromatic carbocycles. The van der Waals surface area contributed by atoms with Gasteiger partial charge >= 0.3 is 5.97 Å². The van der Waals surface area contributed by atoms with Crippen molar-refractivity contribution >= 4 is 5.97 Å². The lowest BCUT2D eigenvalue weighted by molar-refractivity contribution is -0.138. The molecular formula is C9H14N2O2. The summed E-state index contributed by atoms with van der Waals surface area (Å²) in [4.78, 5) is 13.7. The third kappa shape index (κ3) is 2.59. The van der Waals surface area contributed by atoms with Gasteiger partial charge in [0.2, 0.25) is 0 Å². The molecule has 0 aliphatic rings. The highest BCUT2D eigenvalue weighted by molar-refractivity contribution is 5.75. The lowest BCUT2D eigenvalue weighted by atomic mass is 9.99. The first kappa shape index (κ1) is 9.80. The number of carboxylic acid groups (broad SMARTS) is 1. The van der Waals surface area contributed by atoms with E-state index < -0.39 is 11.9 Å². The summed E-state index contributed by atoms with van der Waals surface area (Å²) in [6.45, 7) is 0.710. The van der Waals surface area contributed by atoms with E-state index in [1.54, 1.807) is 18.5 Å². The van der Waals surface area contributed by atoms with Gasteiger partial charge in [-0.3, -0.25) is 4.79 Å². The van der Waals surface area contributed by atoms with Gasteiger partial charge in [-0.05, 0) is 31.6 Å². The highest BCUT2D eigenvalue weighted by Gasteiger charge is 2.18. The lowest BCUT2D eigenvalue weighted by Gasteiger charge is -2.09. The molecule has 0 bridgehead atoms. The summed E-state index contributed by atoms with van der Waals surface area (Å²) in [6.07, 6.45) is 4.09. The van der Waals surface area contributed by atoms with Gasteiger partial charge in [-0.2, -0.15) is 0 Å². The Hall–Kier alpha value is -1.29.